The zero-order valence-corrected chi connectivity index (χ0v) is 15.9. The van der Waals surface area contributed by atoms with E-state index >= 15 is 0 Å². The molecule has 1 aromatic carbocycles. The average molecular weight is 447 g/mol. The fourth-order valence-electron chi connectivity index (χ4n) is 3.40. The molecule has 31 heavy (non-hydrogen) atoms. The highest BCUT2D eigenvalue weighted by Crippen LogP contribution is 2.30. The molecule has 0 radical (unpaired) electrons. The van der Waals surface area contributed by atoms with Gasteiger partial charge < -0.3 is 0 Å². The molecule has 1 aliphatic heterocycles. The lowest BCUT2D eigenvalue weighted by Gasteiger charge is -2.28. The van der Waals surface area contributed by atoms with Crippen molar-refractivity contribution in [2.24, 2.45) is 0 Å². The van der Waals surface area contributed by atoms with Crippen LogP contribution in [0.4, 0.5) is 32.2 Å². The van der Waals surface area contributed by atoms with Crippen LogP contribution in [0.3, 0.4) is 0 Å². The highest BCUT2D eigenvalue weighted by Gasteiger charge is 2.45. The third-order valence-electron chi connectivity index (χ3n) is 4.92. The van der Waals surface area contributed by atoms with Crippen molar-refractivity contribution >= 4 is 17.6 Å². The minimum atomic E-state index is -5.37. The van der Waals surface area contributed by atoms with E-state index in [1.54, 1.807) is 4.90 Å². The number of rotatable bonds is 4. The van der Waals surface area contributed by atoms with Gasteiger partial charge in [0.2, 0.25) is 0 Å². The van der Waals surface area contributed by atoms with Gasteiger partial charge in [0, 0.05) is 6.07 Å². The fourth-order valence-corrected chi connectivity index (χ4v) is 3.40. The molecule has 1 aliphatic rings. The number of piperidine rings is 1. The largest absolute Gasteiger partial charge is 0.495 e. The van der Waals surface area contributed by atoms with Crippen molar-refractivity contribution in [3.05, 3.63) is 59.8 Å². The number of hydrogen-bond acceptors (Lipinski definition) is 4. The van der Waals surface area contributed by atoms with Crippen LogP contribution >= 0.6 is 0 Å². The molecule has 0 saturated carbocycles. The summed E-state index contributed by atoms with van der Waals surface area (Å²) < 4.78 is 76.4. The van der Waals surface area contributed by atoms with E-state index in [-0.39, 0.29) is 16.5 Å². The first-order chi connectivity index (χ1) is 14.5. The molecule has 2 aromatic rings. The Labute approximate surface area is 172 Å². The first kappa shape index (κ1) is 22.6. The number of halogens is 6. The number of carbonyl (C=O) groups is 2. The number of anilines is 1. The van der Waals surface area contributed by atoms with Gasteiger partial charge in [0.05, 0.1) is 18.7 Å². The smallest absolute Gasteiger partial charge is 0.284 e. The number of carbonyl (C=O) groups excluding carboxylic acids is 2. The first-order valence-corrected chi connectivity index (χ1v) is 9.23. The maximum Gasteiger partial charge on any atom is 0.495 e. The Balaban J connectivity index is 1.86. The molecule has 1 aromatic heterocycles. The van der Waals surface area contributed by atoms with Crippen molar-refractivity contribution in [1.29, 1.82) is 0 Å². The Morgan fingerprint density at radius 1 is 0.903 bits per heavy atom. The van der Waals surface area contributed by atoms with Gasteiger partial charge >= 0.3 is 24.1 Å². The molecule has 11 heteroatoms. The van der Waals surface area contributed by atoms with E-state index in [1.165, 1.54) is 0 Å². The average Bonchev–Trinajstić information content (AvgIpc) is 2.72. The summed E-state index contributed by atoms with van der Waals surface area (Å²) in [6.07, 6.45) is -8.91. The van der Waals surface area contributed by atoms with Crippen LogP contribution < -0.4 is 14.5 Å². The molecule has 0 amide bonds. The molecular weight excluding hydrogens is 430 g/mol. The number of benzene rings is 1. The summed E-state index contributed by atoms with van der Waals surface area (Å²) in [5, 5.41) is 0. The number of Topliss-reactive ketones (excluding diaryl/α,β-unsaturated/α-hetero) is 1. The molecule has 0 N–H and O–H groups in total. The molecular formula is C20H17F6N2O3+. The first-order valence-electron chi connectivity index (χ1n) is 9.23. The molecule has 1 saturated heterocycles. The van der Waals surface area contributed by atoms with Crippen molar-refractivity contribution in [2.45, 2.75) is 31.1 Å². The summed E-state index contributed by atoms with van der Waals surface area (Å²) in [4.78, 5) is 28.6. The van der Waals surface area contributed by atoms with Crippen molar-refractivity contribution in [1.82, 2.24) is 0 Å². The number of aromatic nitrogens is 1. The molecule has 2 heterocycles. The minimum Gasteiger partial charge on any atom is -0.284 e. The summed E-state index contributed by atoms with van der Waals surface area (Å²) in [5.74, 6) is -4.74. The number of alkyl halides is 6. The fraction of sp³-hybridized carbons (Fsp3) is 0.350. The van der Waals surface area contributed by atoms with E-state index in [9.17, 15) is 35.9 Å². The predicted molar refractivity (Wildman–Crippen MR) is 95.3 cm³/mol. The normalized spacial score (nSPS) is 15.6. The van der Waals surface area contributed by atoms with Gasteiger partial charge in [0.15, 0.2) is 0 Å². The molecule has 0 aliphatic carbocycles. The van der Waals surface area contributed by atoms with Crippen LogP contribution in [0.2, 0.25) is 0 Å². The number of nitrogens with zero attached hydrogens (tertiary/aromatic N) is 2. The van der Waals surface area contributed by atoms with Gasteiger partial charge in [-0.3, -0.25) is 9.69 Å². The Kier molecular flexibility index (Phi) is 6.23. The maximum absolute atomic E-state index is 12.7. The summed E-state index contributed by atoms with van der Waals surface area (Å²) in [6.45, 7) is 0.714. The monoisotopic (exact) mass is 447 g/mol. The van der Waals surface area contributed by atoms with Crippen molar-refractivity contribution in [3.63, 3.8) is 0 Å². The van der Waals surface area contributed by atoms with Gasteiger partial charge in [-0.1, -0.05) is 30.3 Å². The Bertz CT molecular complexity index is 952. The lowest BCUT2D eigenvalue weighted by molar-refractivity contribution is -0.860. The highest BCUT2D eigenvalue weighted by molar-refractivity contribution is 5.99. The van der Waals surface area contributed by atoms with Crippen LogP contribution in [-0.4, -0.2) is 37.2 Å². The lowest BCUT2D eigenvalue weighted by Crippen LogP contribution is -2.55. The topological polar surface area (TPSA) is 50.5 Å². The van der Waals surface area contributed by atoms with Gasteiger partial charge in [0.25, 0.3) is 5.78 Å². The second-order valence-corrected chi connectivity index (χ2v) is 6.98. The molecule has 1 fully saturated rings. The molecule has 0 unspecified atom stereocenters. The standard InChI is InChI=1S/C20H17F6N2O3/c21-19(22,23)17(29)15-6-7-16(28(12-15)31-18(30)20(24,25)26)27-10-8-14(9-11-27)13-4-2-1-3-5-13/h1-7,12,14H,8-11H2/q+1. The van der Waals surface area contributed by atoms with Crippen LogP contribution in [0.1, 0.15) is 34.7 Å². The molecule has 0 spiro atoms. The molecule has 0 bridgehead atoms. The Morgan fingerprint density at radius 2 is 1.52 bits per heavy atom. The summed E-state index contributed by atoms with van der Waals surface area (Å²) in [6, 6.07) is 11.5. The predicted octanol–water partition coefficient (Wildman–Crippen LogP) is 3.62. The molecule has 3 rings (SSSR count). The van der Waals surface area contributed by atoms with Crippen molar-refractivity contribution < 1.29 is 45.5 Å². The number of pyridine rings is 1. The number of ketones is 1. The lowest BCUT2D eigenvalue weighted by atomic mass is 9.89. The summed E-state index contributed by atoms with van der Waals surface area (Å²) in [7, 11) is 0. The van der Waals surface area contributed by atoms with Gasteiger partial charge in [-0.25, -0.2) is 9.63 Å². The van der Waals surface area contributed by atoms with Gasteiger partial charge in [0.1, 0.15) is 6.20 Å². The maximum atomic E-state index is 12.7. The van der Waals surface area contributed by atoms with E-state index in [2.05, 4.69) is 4.84 Å². The van der Waals surface area contributed by atoms with E-state index in [1.807, 2.05) is 30.3 Å². The molecule has 166 valence electrons. The number of hydrogen-bond donors (Lipinski definition) is 0. The van der Waals surface area contributed by atoms with Crippen LogP contribution in [-0.2, 0) is 4.79 Å². The van der Waals surface area contributed by atoms with Crippen LogP contribution in [0.25, 0.3) is 0 Å². The quantitative estimate of drug-likeness (QED) is 0.408. The van der Waals surface area contributed by atoms with E-state index in [0.717, 1.165) is 17.7 Å². The van der Waals surface area contributed by atoms with E-state index in [4.69, 9.17) is 0 Å². The zero-order valence-electron chi connectivity index (χ0n) is 15.9. The van der Waals surface area contributed by atoms with Gasteiger partial charge in [-0.05, 0) is 35.1 Å². The van der Waals surface area contributed by atoms with E-state index in [0.29, 0.717) is 32.1 Å². The second-order valence-electron chi connectivity index (χ2n) is 6.98. The van der Waals surface area contributed by atoms with E-state index < -0.39 is 29.7 Å². The Hall–Kier alpha value is -3.11. The third-order valence-corrected chi connectivity index (χ3v) is 4.92. The van der Waals surface area contributed by atoms with Crippen LogP contribution in [0, 0.1) is 0 Å². The third kappa shape index (κ3) is 5.33. The van der Waals surface area contributed by atoms with Gasteiger partial charge in [-0.15, -0.1) is 0 Å². The molecule has 0 atom stereocenters. The second kappa shape index (κ2) is 8.56. The zero-order chi connectivity index (χ0) is 22.8. The minimum absolute atomic E-state index is 0.0668. The van der Waals surface area contributed by atoms with Crippen molar-refractivity contribution in [2.75, 3.05) is 18.0 Å². The Morgan fingerprint density at radius 3 is 2.06 bits per heavy atom. The highest BCUT2D eigenvalue weighted by atomic mass is 19.4. The van der Waals surface area contributed by atoms with Crippen LogP contribution in [0.5, 0.6) is 0 Å². The SMILES string of the molecule is O=C(O[n+]1cc(C(=O)C(F)(F)F)ccc1N1CCC(c2ccccc2)CC1)C(F)(F)F. The van der Waals surface area contributed by atoms with Crippen LogP contribution in [0.15, 0.2) is 48.7 Å². The van der Waals surface area contributed by atoms with Crippen molar-refractivity contribution in [3.8, 4) is 0 Å². The van der Waals surface area contributed by atoms with Gasteiger partial charge in [-0.2, -0.15) is 26.3 Å². The molecule has 5 nitrogen and oxygen atoms in total. The summed E-state index contributed by atoms with van der Waals surface area (Å²) in [5.41, 5.74) is 0.148. The summed E-state index contributed by atoms with van der Waals surface area (Å²) >= 11 is 0.